The lowest BCUT2D eigenvalue weighted by Gasteiger charge is -2.29. The van der Waals surface area contributed by atoms with Crippen molar-refractivity contribution in [3.8, 4) is 0 Å². The number of hydrogen-bond donors (Lipinski definition) is 6. The summed E-state index contributed by atoms with van der Waals surface area (Å²) in [5.74, 6) is -4.23. The fourth-order valence-corrected chi connectivity index (χ4v) is 3.59. The number of aliphatic hydroxyl groups is 1. The molecule has 33 heavy (non-hydrogen) atoms. The standard InChI is InChI=1S/C21H29N5O7/c22-13(10-17(23)28)18(29)25-15(11-27)20(31)26-8-4-7-16(26)19(30)24-14(21(32)33)9-12-5-2-1-3-6-12/h1-3,5-6,13-16,27H,4,7-11,22H2,(H2,23,28)(H,24,30)(H,25,29)(H,32,33). The van der Waals surface area contributed by atoms with Crippen LogP contribution in [0.1, 0.15) is 24.8 Å². The molecule has 4 atom stereocenters. The minimum absolute atomic E-state index is 0.0651. The zero-order chi connectivity index (χ0) is 24.5. The number of hydrogen-bond acceptors (Lipinski definition) is 7. The van der Waals surface area contributed by atoms with E-state index >= 15 is 0 Å². The van der Waals surface area contributed by atoms with Gasteiger partial charge in [0, 0.05) is 13.0 Å². The van der Waals surface area contributed by atoms with Gasteiger partial charge in [-0.05, 0) is 18.4 Å². The van der Waals surface area contributed by atoms with Crippen molar-refractivity contribution in [2.45, 2.75) is 49.9 Å². The van der Waals surface area contributed by atoms with E-state index in [2.05, 4.69) is 10.6 Å². The number of carboxylic acid groups (broad SMARTS) is 1. The zero-order valence-electron chi connectivity index (χ0n) is 18.0. The highest BCUT2D eigenvalue weighted by atomic mass is 16.4. The van der Waals surface area contributed by atoms with E-state index in [1.54, 1.807) is 30.3 Å². The topological polar surface area (TPSA) is 205 Å². The smallest absolute Gasteiger partial charge is 0.326 e. The Bertz CT molecular complexity index is 879. The second kappa shape index (κ2) is 11.9. The molecule has 1 fully saturated rings. The molecule has 12 heteroatoms. The summed E-state index contributed by atoms with van der Waals surface area (Å²) in [5.41, 5.74) is 11.3. The molecule has 180 valence electrons. The summed E-state index contributed by atoms with van der Waals surface area (Å²) < 4.78 is 0. The first-order valence-corrected chi connectivity index (χ1v) is 10.5. The average molecular weight is 463 g/mol. The Kier molecular flexibility index (Phi) is 9.30. The number of carbonyl (C=O) groups is 5. The maximum absolute atomic E-state index is 12.9. The fourth-order valence-electron chi connectivity index (χ4n) is 3.59. The summed E-state index contributed by atoms with van der Waals surface area (Å²) >= 11 is 0. The van der Waals surface area contributed by atoms with Gasteiger partial charge in [0.15, 0.2) is 0 Å². The molecule has 1 aromatic rings. The molecule has 0 bridgehead atoms. The molecule has 8 N–H and O–H groups in total. The van der Waals surface area contributed by atoms with Gasteiger partial charge in [-0.2, -0.15) is 0 Å². The van der Waals surface area contributed by atoms with Crippen molar-refractivity contribution in [1.29, 1.82) is 0 Å². The van der Waals surface area contributed by atoms with Crippen LogP contribution >= 0.6 is 0 Å². The van der Waals surface area contributed by atoms with Crippen LogP contribution in [0.3, 0.4) is 0 Å². The molecule has 0 aromatic heterocycles. The third kappa shape index (κ3) is 7.26. The van der Waals surface area contributed by atoms with Gasteiger partial charge in [-0.25, -0.2) is 4.79 Å². The number of primary amides is 1. The lowest BCUT2D eigenvalue weighted by Crippen LogP contribution is -2.58. The van der Waals surface area contributed by atoms with Crippen molar-refractivity contribution in [1.82, 2.24) is 15.5 Å². The maximum Gasteiger partial charge on any atom is 0.326 e. The summed E-state index contributed by atoms with van der Waals surface area (Å²) in [6, 6.07) is 3.95. The molecular formula is C21H29N5O7. The number of benzene rings is 1. The minimum Gasteiger partial charge on any atom is -0.480 e. The molecule has 1 saturated heterocycles. The molecule has 12 nitrogen and oxygen atoms in total. The van der Waals surface area contributed by atoms with Crippen molar-refractivity contribution in [3.05, 3.63) is 35.9 Å². The Morgan fingerprint density at radius 3 is 2.33 bits per heavy atom. The van der Waals surface area contributed by atoms with Crippen LogP contribution < -0.4 is 22.1 Å². The predicted octanol–water partition coefficient (Wildman–Crippen LogP) is -2.53. The van der Waals surface area contributed by atoms with Crippen LogP contribution in [-0.2, 0) is 30.4 Å². The quantitative estimate of drug-likeness (QED) is 0.206. The molecular weight excluding hydrogens is 434 g/mol. The largest absolute Gasteiger partial charge is 0.480 e. The Labute approximate surface area is 190 Å². The summed E-state index contributed by atoms with van der Waals surface area (Å²) in [4.78, 5) is 61.6. The van der Waals surface area contributed by atoms with Gasteiger partial charge in [-0.3, -0.25) is 19.2 Å². The normalized spacial score (nSPS) is 18.1. The number of amides is 4. The van der Waals surface area contributed by atoms with E-state index in [9.17, 15) is 34.2 Å². The Hall–Kier alpha value is -3.51. The van der Waals surface area contributed by atoms with E-state index in [-0.39, 0.29) is 13.0 Å². The number of carbonyl (C=O) groups excluding carboxylic acids is 4. The van der Waals surface area contributed by atoms with Crippen LogP contribution in [0.2, 0.25) is 0 Å². The highest BCUT2D eigenvalue weighted by molar-refractivity contribution is 5.95. The molecule has 1 aromatic carbocycles. The van der Waals surface area contributed by atoms with E-state index in [0.717, 1.165) is 5.56 Å². The molecule has 1 heterocycles. The number of rotatable bonds is 11. The van der Waals surface area contributed by atoms with E-state index in [0.29, 0.717) is 12.8 Å². The average Bonchev–Trinajstić information content (AvgIpc) is 3.26. The van der Waals surface area contributed by atoms with Crippen LogP contribution in [0.15, 0.2) is 30.3 Å². The van der Waals surface area contributed by atoms with Gasteiger partial charge < -0.3 is 37.2 Å². The predicted molar refractivity (Wildman–Crippen MR) is 115 cm³/mol. The van der Waals surface area contributed by atoms with E-state index in [4.69, 9.17) is 11.5 Å². The number of likely N-dealkylation sites (tertiary alicyclic amines) is 1. The number of nitrogens with one attached hydrogen (secondary N) is 2. The first kappa shape index (κ1) is 25.7. The van der Waals surface area contributed by atoms with Crippen molar-refractivity contribution >= 4 is 29.6 Å². The SMILES string of the molecule is NC(=O)CC(N)C(=O)NC(CO)C(=O)N1CCCC1C(=O)NC(Cc1ccccc1)C(=O)O. The number of nitrogens with two attached hydrogens (primary N) is 2. The summed E-state index contributed by atoms with van der Waals surface area (Å²) in [6.45, 7) is -0.572. The van der Waals surface area contributed by atoms with E-state index in [1.165, 1.54) is 4.90 Å². The summed E-state index contributed by atoms with van der Waals surface area (Å²) in [5, 5.41) is 23.9. The zero-order valence-corrected chi connectivity index (χ0v) is 18.0. The summed E-state index contributed by atoms with van der Waals surface area (Å²) in [7, 11) is 0. The monoisotopic (exact) mass is 463 g/mol. The molecule has 0 aliphatic carbocycles. The molecule has 4 unspecified atom stereocenters. The molecule has 1 aliphatic rings. The Balaban J connectivity index is 2.05. The number of aliphatic hydroxyl groups excluding tert-OH is 1. The van der Waals surface area contributed by atoms with Gasteiger partial charge in [0.2, 0.25) is 23.6 Å². The third-order valence-electron chi connectivity index (χ3n) is 5.29. The van der Waals surface area contributed by atoms with Gasteiger partial charge in [0.1, 0.15) is 18.1 Å². The fraction of sp³-hybridized carbons (Fsp3) is 0.476. The molecule has 2 rings (SSSR count). The highest BCUT2D eigenvalue weighted by Crippen LogP contribution is 2.19. The molecule has 0 saturated carbocycles. The van der Waals surface area contributed by atoms with Crippen molar-refractivity contribution in [3.63, 3.8) is 0 Å². The van der Waals surface area contributed by atoms with Gasteiger partial charge >= 0.3 is 5.97 Å². The van der Waals surface area contributed by atoms with Gasteiger partial charge in [-0.1, -0.05) is 30.3 Å². The number of carboxylic acids is 1. The van der Waals surface area contributed by atoms with Crippen LogP contribution in [0, 0.1) is 0 Å². The Morgan fingerprint density at radius 1 is 1.09 bits per heavy atom. The van der Waals surface area contributed by atoms with Crippen molar-refractivity contribution in [2.75, 3.05) is 13.2 Å². The first-order chi connectivity index (χ1) is 15.6. The Morgan fingerprint density at radius 2 is 1.76 bits per heavy atom. The van der Waals surface area contributed by atoms with Gasteiger partial charge in [0.25, 0.3) is 0 Å². The highest BCUT2D eigenvalue weighted by Gasteiger charge is 2.39. The maximum atomic E-state index is 12.9. The molecule has 1 aliphatic heterocycles. The molecule has 0 spiro atoms. The number of nitrogens with zero attached hydrogens (tertiary/aromatic N) is 1. The van der Waals surface area contributed by atoms with Crippen molar-refractivity contribution in [2.24, 2.45) is 11.5 Å². The first-order valence-electron chi connectivity index (χ1n) is 10.5. The van der Waals surface area contributed by atoms with Crippen LogP contribution in [-0.4, -0.2) is 82.0 Å². The molecule has 0 radical (unpaired) electrons. The van der Waals surface area contributed by atoms with E-state index in [1.807, 2.05) is 0 Å². The second-order valence-corrected chi connectivity index (χ2v) is 7.80. The third-order valence-corrected chi connectivity index (χ3v) is 5.29. The second-order valence-electron chi connectivity index (χ2n) is 7.80. The minimum atomic E-state index is -1.38. The van der Waals surface area contributed by atoms with Crippen LogP contribution in [0.5, 0.6) is 0 Å². The lowest BCUT2D eigenvalue weighted by molar-refractivity contribution is -0.145. The summed E-state index contributed by atoms with van der Waals surface area (Å²) in [6.07, 6.45) is 0.399. The lowest BCUT2D eigenvalue weighted by atomic mass is 10.1. The number of aliphatic carboxylic acids is 1. The van der Waals surface area contributed by atoms with Gasteiger partial charge in [-0.15, -0.1) is 0 Å². The van der Waals surface area contributed by atoms with Crippen LogP contribution in [0.25, 0.3) is 0 Å². The van der Waals surface area contributed by atoms with Crippen LogP contribution in [0.4, 0.5) is 0 Å². The van der Waals surface area contributed by atoms with Gasteiger partial charge in [0.05, 0.1) is 19.1 Å². The van der Waals surface area contributed by atoms with E-state index < -0.39 is 66.8 Å². The van der Waals surface area contributed by atoms with Crippen molar-refractivity contribution < 1.29 is 34.2 Å². The molecule has 4 amide bonds.